The Morgan fingerprint density at radius 2 is 2.07 bits per heavy atom. The number of hydrogen-bond donors (Lipinski definition) is 0. The van der Waals surface area contributed by atoms with Crippen molar-refractivity contribution in [3.63, 3.8) is 0 Å². The Balaban J connectivity index is 1.04. The van der Waals surface area contributed by atoms with Gasteiger partial charge in [-0.25, -0.2) is 4.98 Å². The van der Waals surface area contributed by atoms with E-state index in [9.17, 15) is 0 Å². The van der Waals surface area contributed by atoms with Gasteiger partial charge in [0.1, 0.15) is 16.5 Å². The maximum absolute atomic E-state index is 6.18. The van der Waals surface area contributed by atoms with Gasteiger partial charge in [0, 0.05) is 42.8 Å². The Labute approximate surface area is 262 Å². The van der Waals surface area contributed by atoms with Crippen LogP contribution in [0.2, 0.25) is 0 Å². The Kier molecular flexibility index (Phi) is 9.73. The number of aromatic nitrogens is 3. The third-order valence-electron chi connectivity index (χ3n) is 8.39. The second-order valence-corrected chi connectivity index (χ2v) is 13.3. The summed E-state index contributed by atoms with van der Waals surface area (Å²) in [5.74, 6) is 2.25. The van der Waals surface area contributed by atoms with Crippen LogP contribution in [0.5, 0.6) is 5.88 Å². The summed E-state index contributed by atoms with van der Waals surface area (Å²) in [6.07, 6.45) is 7.47. The van der Waals surface area contributed by atoms with Gasteiger partial charge in [-0.2, -0.15) is 5.10 Å². The molecule has 6 rings (SSSR count). The molecule has 3 saturated heterocycles. The number of ether oxygens (including phenoxy) is 3. The predicted molar refractivity (Wildman–Crippen MR) is 174 cm³/mol. The number of pyridine rings is 1. The lowest BCUT2D eigenvalue weighted by Crippen LogP contribution is -2.48. The summed E-state index contributed by atoms with van der Waals surface area (Å²) in [4.78, 5) is 14.8. The first-order chi connectivity index (χ1) is 20.6. The monoisotopic (exact) mass is 684 g/mol. The predicted octanol–water partition coefficient (Wildman–Crippen LogP) is 5.22. The Bertz CT molecular complexity index is 1380. The van der Waals surface area contributed by atoms with Gasteiger partial charge in [0.25, 0.3) is 0 Å². The minimum absolute atomic E-state index is 0.220. The molecule has 0 spiro atoms. The first-order valence-corrected chi connectivity index (χ1v) is 16.3. The third kappa shape index (κ3) is 7.15. The van der Waals surface area contributed by atoms with Crippen LogP contribution in [0.3, 0.4) is 0 Å². The number of aliphatic imine (C=N–C) groups is 1. The van der Waals surface area contributed by atoms with Gasteiger partial charge in [-0.05, 0) is 57.0 Å². The van der Waals surface area contributed by atoms with Gasteiger partial charge in [0.15, 0.2) is 0 Å². The van der Waals surface area contributed by atoms with Gasteiger partial charge in [-0.15, -0.1) is 6.58 Å². The zero-order chi connectivity index (χ0) is 28.9. The van der Waals surface area contributed by atoms with Crippen molar-refractivity contribution in [3.8, 4) is 5.88 Å². The van der Waals surface area contributed by atoms with Crippen molar-refractivity contribution >= 4 is 39.3 Å². The lowest BCUT2D eigenvalue weighted by atomic mass is 9.93. The summed E-state index contributed by atoms with van der Waals surface area (Å²) in [5.41, 5.74) is 3.36. The van der Waals surface area contributed by atoms with Crippen LogP contribution >= 0.6 is 22.6 Å². The van der Waals surface area contributed by atoms with E-state index < -0.39 is 0 Å². The number of halogens is 1. The van der Waals surface area contributed by atoms with Crippen molar-refractivity contribution in [2.75, 3.05) is 52.5 Å². The van der Waals surface area contributed by atoms with E-state index in [4.69, 9.17) is 24.2 Å². The number of benzene rings is 1. The van der Waals surface area contributed by atoms with Gasteiger partial charge in [0.05, 0.1) is 43.6 Å². The Hall–Kier alpha value is -2.54. The molecule has 224 valence electrons. The number of piperidine rings is 1. The van der Waals surface area contributed by atoms with E-state index in [2.05, 4.69) is 86.0 Å². The summed E-state index contributed by atoms with van der Waals surface area (Å²) < 4.78 is 19.6. The van der Waals surface area contributed by atoms with Gasteiger partial charge in [-0.1, -0.05) is 46.9 Å². The molecule has 9 nitrogen and oxygen atoms in total. The van der Waals surface area contributed by atoms with Crippen molar-refractivity contribution in [2.45, 2.75) is 54.9 Å². The molecular weight excluding hydrogens is 643 g/mol. The van der Waals surface area contributed by atoms with Crippen molar-refractivity contribution in [2.24, 2.45) is 4.99 Å². The molecule has 1 aromatic carbocycles. The van der Waals surface area contributed by atoms with Crippen molar-refractivity contribution in [1.29, 1.82) is 0 Å². The molecule has 0 N–H and O–H groups in total. The molecule has 5 heterocycles. The zero-order valence-corrected chi connectivity index (χ0v) is 26.6. The van der Waals surface area contributed by atoms with Crippen molar-refractivity contribution in [1.82, 2.24) is 24.6 Å². The molecule has 3 aliphatic heterocycles. The molecule has 0 saturated carbocycles. The molecule has 1 unspecified atom stereocenters. The SMILES string of the molecule is C=CCN(C[C@@H]1CCO1)C(CN1CCC(c2cccc(OCc3ccc4cnn(C5COC5)c4c3)n2)CC1)=NC(C)I. The van der Waals surface area contributed by atoms with Crippen LogP contribution in [0, 0.1) is 0 Å². The van der Waals surface area contributed by atoms with Crippen LogP contribution in [0.1, 0.15) is 49.4 Å². The van der Waals surface area contributed by atoms with E-state index in [1.54, 1.807) is 0 Å². The summed E-state index contributed by atoms with van der Waals surface area (Å²) in [5, 5.41) is 5.71. The molecule has 3 aromatic rings. The van der Waals surface area contributed by atoms with E-state index in [0.29, 0.717) is 30.6 Å². The number of likely N-dealkylation sites (tertiary alicyclic amines) is 1. The summed E-state index contributed by atoms with van der Waals surface area (Å²) in [7, 11) is 0. The molecule has 3 aliphatic rings. The standard InChI is InChI=1S/C32H41IN6O3/c1-3-12-38(18-28-11-15-41-28)31(35-23(2)33)19-37-13-9-25(10-14-37)29-5-4-6-32(36-29)42-20-24-7-8-26-17-34-39(30(26)16-24)27-21-40-22-27/h3-8,16-17,23,25,27-28H,1,9-15,18-22H2,2H3/t23?,28-/m0/s1. The summed E-state index contributed by atoms with van der Waals surface area (Å²) in [6, 6.07) is 12.9. The maximum atomic E-state index is 6.18. The molecule has 0 aliphatic carbocycles. The number of rotatable bonds is 12. The fourth-order valence-electron chi connectivity index (χ4n) is 5.85. The zero-order valence-electron chi connectivity index (χ0n) is 24.4. The number of amidine groups is 1. The number of alkyl halides is 1. The van der Waals surface area contributed by atoms with E-state index in [1.165, 1.54) is 0 Å². The average Bonchev–Trinajstić information content (AvgIpc) is 3.35. The molecule has 2 aromatic heterocycles. The van der Waals surface area contributed by atoms with Crippen LogP contribution in [0.4, 0.5) is 0 Å². The highest BCUT2D eigenvalue weighted by Gasteiger charge is 2.27. The van der Waals surface area contributed by atoms with Crippen LogP contribution < -0.4 is 4.74 Å². The van der Waals surface area contributed by atoms with E-state index in [1.807, 2.05) is 18.3 Å². The number of fused-ring (bicyclic) bond motifs is 1. The summed E-state index contributed by atoms with van der Waals surface area (Å²) in [6.45, 7) is 13.5. The fraction of sp³-hybridized carbons (Fsp3) is 0.531. The second-order valence-electron chi connectivity index (χ2n) is 11.5. The number of nitrogens with zero attached hydrogens (tertiary/aromatic N) is 6. The average molecular weight is 685 g/mol. The molecular formula is C32H41IN6O3. The smallest absolute Gasteiger partial charge is 0.213 e. The lowest BCUT2D eigenvalue weighted by Gasteiger charge is -2.37. The van der Waals surface area contributed by atoms with Gasteiger partial charge in [-0.3, -0.25) is 14.6 Å². The molecule has 0 bridgehead atoms. The fourth-order valence-corrected chi connectivity index (χ4v) is 6.18. The van der Waals surface area contributed by atoms with Gasteiger partial charge < -0.3 is 19.1 Å². The normalized spacial score (nSPS) is 21.1. The van der Waals surface area contributed by atoms with Crippen LogP contribution in [0.15, 0.2) is 60.2 Å². The largest absolute Gasteiger partial charge is 0.473 e. The molecule has 10 heteroatoms. The quantitative estimate of drug-likeness (QED) is 0.0648. The summed E-state index contributed by atoms with van der Waals surface area (Å²) >= 11 is 2.39. The van der Waals surface area contributed by atoms with Gasteiger partial charge in [0.2, 0.25) is 5.88 Å². The van der Waals surface area contributed by atoms with E-state index in [0.717, 1.165) is 99.8 Å². The molecule has 42 heavy (non-hydrogen) atoms. The second kappa shape index (κ2) is 13.8. The Morgan fingerprint density at radius 3 is 2.76 bits per heavy atom. The van der Waals surface area contributed by atoms with Crippen LogP contribution in [-0.2, 0) is 16.1 Å². The Morgan fingerprint density at radius 1 is 1.24 bits per heavy atom. The molecule has 0 radical (unpaired) electrons. The molecule has 3 fully saturated rings. The van der Waals surface area contributed by atoms with Crippen LogP contribution in [0.25, 0.3) is 10.9 Å². The van der Waals surface area contributed by atoms with Gasteiger partial charge >= 0.3 is 0 Å². The third-order valence-corrected chi connectivity index (χ3v) is 8.67. The van der Waals surface area contributed by atoms with Crippen LogP contribution in [-0.4, -0.2) is 93.1 Å². The minimum Gasteiger partial charge on any atom is -0.473 e. The molecule has 0 amide bonds. The minimum atomic E-state index is 0.220. The number of hydrogen-bond acceptors (Lipinski definition) is 7. The maximum Gasteiger partial charge on any atom is 0.213 e. The highest BCUT2D eigenvalue weighted by molar-refractivity contribution is 14.1. The highest BCUT2D eigenvalue weighted by atomic mass is 127. The first kappa shape index (κ1) is 29.5. The molecule has 2 atom stereocenters. The first-order valence-electron chi connectivity index (χ1n) is 15.1. The van der Waals surface area contributed by atoms with Crippen molar-refractivity contribution < 1.29 is 14.2 Å². The van der Waals surface area contributed by atoms with Crippen molar-refractivity contribution in [3.05, 3.63) is 66.5 Å². The topological polar surface area (TPSA) is 77.2 Å². The lowest BCUT2D eigenvalue weighted by molar-refractivity contribution is -0.0583. The van der Waals surface area contributed by atoms with E-state index in [-0.39, 0.29) is 4.05 Å². The highest BCUT2D eigenvalue weighted by Crippen LogP contribution is 2.29. The van der Waals surface area contributed by atoms with E-state index >= 15 is 0 Å².